The van der Waals surface area contributed by atoms with Gasteiger partial charge in [0.1, 0.15) is 9.67 Å². The molecular weight excluding hydrogens is 270 g/mol. The van der Waals surface area contributed by atoms with Gasteiger partial charge in [-0.3, -0.25) is 0 Å². The van der Waals surface area contributed by atoms with Gasteiger partial charge in [-0.25, -0.2) is 0 Å². The molecule has 0 spiro atoms. The number of hydrogen-bond donors (Lipinski definition) is 0. The maximum atomic E-state index is 5.51. The maximum absolute atomic E-state index is 5.51. The molecular formula is C8H10Cl4S. The monoisotopic (exact) mass is 278 g/mol. The second kappa shape index (κ2) is 9.54. The SMILES string of the molecule is ClC(Cl)CC=CSC=CCC(Cl)Cl. The Bertz CT molecular complexity index is 148. The van der Waals surface area contributed by atoms with Crippen LogP contribution in [0.4, 0.5) is 0 Å². The Morgan fingerprint density at radius 2 is 1.23 bits per heavy atom. The standard InChI is InChI=1S/C8H10Cl4S/c9-7(10)3-1-5-13-6-2-4-8(11)12/h1-2,5-8H,3-4H2. The topological polar surface area (TPSA) is 0 Å². The smallest absolute Gasteiger partial charge is 0.107 e. The number of allylic oxidation sites excluding steroid dienone is 2. The van der Waals surface area contributed by atoms with E-state index in [4.69, 9.17) is 46.4 Å². The van der Waals surface area contributed by atoms with Crippen molar-refractivity contribution in [1.82, 2.24) is 0 Å². The Labute approximate surface area is 103 Å². The van der Waals surface area contributed by atoms with E-state index in [1.807, 2.05) is 23.0 Å². The molecule has 0 aromatic rings. The van der Waals surface area contributed by atoms with Gasteiger partial charge >= 0.3 is 0 Å². The van der Waals surface area contributed by atoms with Crippen molar-refractivity contribution >= 4 is 58.2 Å². The molecule has 0 aromatic heterocycles. The van der Waals surface area contributed by atoms with Crippen molar-refractivity contribution in [3.63, 3.8) is 0 Å². The van der Waals surface area contributed by atoms with Crippen LogP contribution in [0, 0.1) is 0 Å². The average Bonchev–Trinajstić information content (AvgIpc) is 2.01. The summed E-state index contributed by atoms with van der Waals surface area (Å²) in [6.07, 6.45) is 5.16. The van der Waals surface area contributed by atoms with Crippen LogP contribution in [0.3, 0.4) is 0 Å². The molecule has 5 heteroatoms. The predicted octanol–water partition coefficient (Wildman–Crippen LogP) is 5.13. The van der Waals surface area contributed by atoms with Crippen LogP contribution in [0.2, 0.25) is 0 Å². The molecule has 0 fully saturated rings. The van der Waals surface area contributed by atoms with Crippen LogP contribution in [-0.4, -0.2) is 9.67 Å². The molecule has 0 amide bonds. The second-order valence-electron chi connectivity index (χ2n) is 2.13. The van der Waals surface area contributed by atoms with Gasteiger partial charge in [0.15, 0.2) is 0 Å². The van der Waals surface area contributed by atoms with E-state index >= 15 is 0 Å². The molecule has 0 nitrogen and oxygen atoms in total. The molecule has 0 heterocycles. The van der Waals surface area contributed by atoms with E-state index in [0.29, 0.717) is 12.8 Å². The van der Waals surface area contributed by atoms with Crippen LogP contribution in [0.15, 0.2) is 23.0 Å². The van der Waals surface area contributed by atoms with Crippen molar-refractivity contribution in [2.24, 2.45) is 0 Å². The van der Waals surface area contributed by atoms with E-state index in [9.17, 15) is 0 Å². The zero-order valence-electron chi connectivity index (χ0n) is 6.80. The minimum Gasteiger partial charge on any atom is -0.107 e. The molecule has 0 atom stereocenters. The van der Waals surface area contributed by atoms with Crippen molar-refractivity contribution in [3.05, 3.63) is 23.0 Å². The minimum absolute atomic E-state index is 0.323. The summed E-state index contributed by atoms with van der Waals surface area (Å²) in [5.41, 5.74) is 0. The van der Waals surface area contributed by atoms with Crippen molar-refractivity contribution in [1.29, 1.82) is 0 Å². The highest BCUT2D eigenvalue weighted by Crippen LogP contribution is 2.13. The van der Waals surface area contributed by atoms with Gasteiger partial charge in [-0.15, -0.1) is 58.2 Å². The number of halogens is 4. The molecule has 0 saturated heterocycles. The first kappa shape index (κ1) is 14.0. The van der Waals surface area contributed by atoms with Crippen LogP contribution in [0.5, 0.6) is 0 Å². The van der Waals surface area contributed by atoms with Crippen molar-refractivity contribution in [2.45, 2.75) is 22.5 Å². The van der Waals surface area contributed by atoms with E-state index in [2.05, 4.69) is 0 Å². The lowest BCUT2D eigenvalue weighted by Gasteiger charge is -1.92. The number of alkyl halides is 4. The largest absolute Gasteiger partial charge is 0.111 e. The van der Waals surface area contributed by atoms with Gasteiger partial charge in [-0.05, 0) is 23.7 Å². The Morgan fingerprint density at radius 3 is 1.54 bits per heavy atom. The molecule has 0 aromatic carbocycles. The second-order valence-corrected chi connectivity index (χ2v) is 5.50. The quantitative estimate of drug-likeness (QED) is 0.607. The molecule has 0 radical (unpaired) electrons. The fourth-order valence-corrected chi connectivity index (χ4v) is 1.42. The van der Waals surface area contributed by atoms with Gasteiger partial charge in [-0.2, -0.15) is 0 Å². The third kappa shape index (κ3) is 13.0. The van der Waals surface area contributed by atoms with Crippen LogP contribution < -0.4 is 0 Å². The van der Waals surface area contributed by atoms with E-state index in [1.54, 1.807) is 11.8 Å². The summed E-state index contributed by atoms with van der Waals surface area (Å²) in [5, 5.41) is 3.84. The zero-order chi connectivity index (χ0) is 10.1. The van der Waals surface area contributed by atoms with Crippen molar-refractivity contribution in [2.75, 3.05) is 0 Å². The first-order valence-corrected chi connectivity index (χ1v) is 6.33. The Morgan fingerprint density at radius 1 is 0.846 bits per heavy atom. The number of hydrogen-bond acceptors (Lipinski definition) is 1. The molecule has 0 aliphatic heterocycles. The summed E-state index contributed by atoms with van der Waals surface area (Å²) in [5.74, 6) is 0. The summed E-state index contributed by atoms with van der Waals surface area (Å²) in [6.45, 7) is 0. The van der Waals surface area contributed by atoms with E-state index in [1.165, 1.54) is 0 Å². The highest BCUT2D eigenvalue weighted by molar-refractivity contribution is 8.04. The first-order chi connectivity index (χ1) is 6.13. The summed E-state index contributed by atoms with van der Waals surface area (Å²) in [6, 6.07) is 0. The lowest BCUT2D eigenvalue weighted by atomic mass is 10.5. The highest BCUT2D eigenvalue weighted by atomic mass is 35.5. The number of rotatable bonds is 6. The third-order valence-electron chi connectivity index (χ3n) is 0.978. The van der Waals surface area contributed by atoms with Gasteiger partial charge in [-0.1, -0.05) is 12.2 Å². The fraction of sp³-hybridized carbons (Fsp3) is 0.500. The van der Waals surface area contributed by atoms with Gasteiger partial charge in [0.2, 0.25) is 0 Å². The third-order valence-corrected chi connectivity index (χ3v) is 2.39. The molecule has 0 aliphatic rings. The number of thioether (sulfide) groups is 1. The van der Waals surface area contributed by atoms with Crippen molar-refractivity contribution < 1.29 is 0 Å². The lowest BCUT2D eigenvalue weighted by Crippen LogP contribution is -1.79. The molecule has 0 aliphatic carbocycles. The summed E-state index contributed by atoms with van der Waals surface area (Å²) >= 11 is 23.6. The molecule has 0 saturated carbocycles. The zero-order valence-corrected chi connectivity index (χ0v) is 10.6. The van der Waals surface area contributed by atoms with Gasteiger partial charge in [0.05, 0.1) is 0 Å². The Hall–Kier alpha value is 0.990. The Balaban J connectivity index is 3.33. The van der Waals surface area contributed by atoms with Crippen LogP contribution in [-0.2, 0) is 0 Å². The van der Waals surface area contributed by atoms with E-state index in [0.717, 1.165) is 0 Å². The fourth-order valence-electron chi connectivity index (χ4n) is 0.473. The Kier molecular flexibility index (Phi) is 10.3. The average molecular weight is 280 g/mol. The van der Waals surface area contributed by atoms with Gasteiger partial charge in [0, 0.05) is 0 Å². The summed E-state index contributed by atoms with van der Waals surface area (Å²) < 4.78 is 0. The lowest BCUT2D eigenvalue weighted by molar-refractivity contribution is 1.16. The van der Waals surface area contributed by atoms with Crippen molar-refractivity contribution in [3.8, 4) is 0 Å². The van der Waals surface area contributed by atoms with Crippen LogP contribution in [0.1, 0.15) is 12.8 Å². The molecule has 0 unspecified atom stereocenters. The van der Waals surface area contributed by atoms with Gasteiger partial charge < -0.3 is 0 Å². The molecule has 76 valence electrons. The maximum Gasteiger partial charge on any atom is 0.111 e. The summed E-state index contributed by atoms with van der Waals surface area (Å²) in [7, 11) is 0. The van der Waals surface area contributed by atoms with Gasteiger partial charge in [0.25, 0.3) is 0 Å². The highest BCUT2D eigenvalue weighted by Gasteiger charge is 1.92. The van der Waals surface area contributed by atoms with E-state index < -0.39 is 0 Å². The normalized spacial score (nSPS) is 12.8. The molecule has 0 N–H and O–H groups in total. The predicted molar refractivity (Wildman–Crippen MR) is 66.1 cm³/mol. The van der Waals surface area contributed by atoms with E-state index in [-0.39, 0.29) is 9.67 Å². The first-order valence-electron chi connectivity index (χ1n) is 3.64. The molecule has 0 rings (SSSR count). The van der Waals surface area contributed by atoms with Crippen LogP contribution >= 0.6 is 58.2 Å². The van der Waals surface area contributed by atoms with Crippen LogP contribution in [0.25, 0.3) is 0 Å². The minimum atomic E-state index is -0.323. The molecule has 13 heavy (non-hydrogen) atoms. The molecule has 0 bridgehead atoms. The summed E-state index contributed by atoms with van der Waals surface area (Å²) in [4.78, 5) is -0.646.